The summed E-state index contributed by atoms with van der Waals surface area (Å²) in [6.07, 6.45) is 0.176. The van der Waals surface area contributed by atoms with Gasteiger partial charge in [-0.2, -0.15) is 5.10 Å². The molecule has 0 radical (unpaired) electrons. The number of aryl methyl sites for hydroxylation is 2. The summed E-state index contributed by atoms with van der Waals surface area (Å²) in [7, 11) is 1.75. The summed E-state index contributed by atoms with van der Waals surface area (Å²) < 4.78 is 1.86. The van der Waals surface area contributed by atoms with Crippen LogP contribution in [0.5, 0.6) is 0 Å². The van der Waals surface area contributed by atoms with E-state index in [9.17, 15) is 9.90 Å². The second kappa shape index (κ2) is 6.75. The molecular weight excluding hydrogens is 278 g/mol. The van der Waals surface area contributed by atoms with Crippen LogP contribution >= 0.6 is 0 Å². The third-order valence-corrected chi connectivity index (χ3v) is 3.60. The van der Waals surface area contributed by atoms with Crippen molar-refractivity contribution < 1.29 is 9.90 Å². The number of nitrogens with zero attached hydrogens (tertiary/aromatic N) is 3. The van der Waals surface area contributed by atoms with Crippen LogP contribution < -0.4 is 0 Å². The highest BCUT2D eigenvalue weighted by atomic mass is 16.3. The molecule has 1 aromatic heterocycles. The van der Waals surface area contributed by atoms with Crippen LogP contribution in [0.2, 0.25) is 0 Å². The van der Waals surface area contributed by atoms with Crippen molar-refractivity contribution in [1.29, 1.82) is 0 Å². The summed E-state index contributed by atoms with van der Waals surface area (Å²) in [4.78, 5) is 13.9. The fourth-order valence-corrected chi connectivity index (χ4v) is 2.34. The summed E-state index contributed by atoms with van der Waals surface area (Å²) in [6, 6.07) is 9.44. The van der Waals surface area contributed by atoms with E-state index in [0.717, 1.165) is 17.1 Å². The Hall–Kier alpha value is -2.14. The van der Waals surface area contributed by atoms with Crippen molar-refractivity contribution in [2.45, 2.75) is 33.3 Å². The Kier molecular flexibility index (Phi) is 4.98. The smallest absolute Gasteiger partial charge is 0.253 e. The number of hydrogen-bond donors (Lipinski definition) is 1. The monoisotopic (exact) mass is 301 g/mol. The first-order valence-corrected chi connectivity index (χ1v) is 7.45. The van der Waals surface area contributed by atoms with Crippen molar-refractivity contribution in [3.63, 3.8) is 0 Å². The molecule has 2 aromatic rings. The molecule has 0 bridgehead atoms. The number of carbonyl (C=O) groups is 1. The second-order valence-electron chi connectivity index (χ2n) is 5.75. The molecule has 5 nitrogen and oxygen atoms in total. The number of carbonyl (C=O) groups excluding carboxylic acids is 1. The molecule has 2 rings (SSSR count). The minimum Gasteiger partial charge on any atom is -0.393 e. The van der Waals surface area contributed by atoms with Gasteiger partial charge in [-0.15, -0.1) is 0 Å². The van der Waals surface area contributed by atoms with Crippen LogP contribution in [0.4, 0.5) is 0 Å². The Labute approximate surface area is 131 Å². The highest BCUT2D eigenvalue weighted by molar-refractivity contribution is 5.94. The highest BCUT2D eigenvalue weighted by Crippen LogP contribution is 2.14. The third-order valence-electron chi connectivity index (χ3n) is 3.60. The summed E-state index contributed by atoms with van der Waals surface area (Å²) in [5.41, 5.74) is 3.60. The van der Waals surface area contributed by atoms with E-state index in [1.165, 1.54) is 0 Å². The number of aliphatic hydroxyl groups is 1. The fourth-order valence-electron chi connectivity index (χ4n) is 2.34. The van der Waals surface area contributed by atoms with Crippen molar-refractivity contribution in [3.05, 3.63) is 47.3 Å². The Bertz CT molecular complexity index is 644. The lowest BCUT2D eigenvalue weighted by atomic mass is 10.1. The molecule has 1 aromatic carbocycles. The number of rotatable bonds is 5. The topological polar surface area (TPSA) is 58.4 Å². The lowest BCUT2D eigenvalue weighted by Crippen LogP contribution is -2.29. The maximum absolute atomic E-state index is 12.3. The van der Waals surface area contributed by atoms with E-state index < -0.39 is 6.10 Å². The zero-order valence-electron chi connectivity index (χ0n) is 13.6. The van der Waals surface area contributed by atoms with Crippen LogP contribution in [0.25, 0.3) is 5.69 Å². The molecule has 5 heteroatoms. The first kappa shape index (κ1) is 16.2. The van der Waals surface area contributed by atoms with Gasteiger partial charge in [0.25, 0.3) is 5.91 Å². The van der Waals surface area contributed by atoms with Crippen LogP contribution in [0.1, 0.15) is 35.1 Å². The quantitative estimate of drug-likeness (QED) is 0.922. The van der Waals surface area contributed by atoms with Gasteiger partial charge >= 0.3 is 0 Å². The second-order valence-corrected chi connectivity index (χ2v) is 5.75. The molecule has 0 aliphatic heterocycles. The molecule has 22 heavy (non-hydrogen) atoms. The van der Waals surface area contributed by atoms with Crippen molar-refractivity contribution in [2.24, 2.45) is 0 Å². The summed E-state index contributed by atoms with van der Waals surface area (Å²) >= 11 is 0. The van der Waals surface area contributed by atoms with E-state index in [1.54, 1.807) is 18.9 Å². The highest BCUT2D eigenvalue weighted by Gasteiger charge is 2.12. The maximum Gasteiger partial charge on any atom is 0.253 e. The van der Waals surface area contributed by atoms with Crippen molar-refractivity contribution in [2.75, 3.05) is 13.6 Å². The Morgan fingerprint density at radius 1 is 1.32 bits per heavy atom. The summed E-state index contributed by atoms with van der Waals surface area (Å²) in [5.74, 6) is -0.0411. The minimum absolute atomic E-state index is 0.0411. The Balaban J connectivity index is 2.11. The molecule has 1 amide bonds. The summed E-state index contributed by atoms with van der Waals surface area (Å²) in [6.45, 7) is 6.22. The fraction of sp³-hybridized carbons (Fsp3) is 0.412. The number of hydrogen-bond acceptors (Lipinski definition) is 3. The van der Waals surface area contributed by atoms with Crippen LogP contribution in [0.15, 0.2) is 30.3 Å². The van der Waals surface area contributed by atoms with Gasteiger partial charge in [-0.25, -0.2) is 4.68 Å². The normalized spacial score (nSPS) is 12.2. The van der Waals surface area contributed by atoms with Gasteiger partial charge in [0.1, 0.15) is 0 Å². The number of aliphatic hydroxyl groups excluding tert-OH is 1. The first-order chi connectivity index (χ1) is 10.4. The van der Waals surface area contributed by atoms with E-state index in [4.69, 9.17) is 0 Å². The molecule has 1 atom stereocenters. The van der Waals surface area contributed by atoms with E-state index >= 15 is 0 Å². The van der Waals surface area contributed by atoms with Crippen molar-refractivity contribution >= 4 is 5.91 Å². The van der Waals surface area contributed by atoms with Gasteiger partial charge in [-0.3, -0.25) is 4.79 Å². The van der Waals surface area contributed by atoms with Gasteiger partial charge in [0.15, 0.2) is 0 Å². The van der Waals surface area contributed by atoms with Gasteiger partial charge in [-0.05, 0) is 57.5 Å². The van der Waals surface area contributed by atoms with Gasteiger partial charge in [0, 0.05) is 24.8 Å². The molecule has 1 N–H and O–H groups in total. The standard InChI is InChI=1S/C17H23N3O2/c1-12-11-13(2)20(18-12)16-7-5-15(6-8-16)17(22)19(4)10-9-14(3)21/h5-8,11,14,21H,9-10H2,1-4H3. The first-order valence-electron chi connectivity index (χ1n) is 7.45. The molecule has 0 aliphatic rings. The maximum atomic E-state index is 12.3. The van der Waals surface area contributed by atoms with Crippen molar-refractivity contribution in [1.82, 2.24) is 14.7 Å². The van der Waals surface area contributed by atoms with Crippen LogP contribution in [0, 0.1) is 13.8 Å². The average molecular weight is 301 g/mol. The lowest BCUT2D eigenvalue weighted by Gasteiger charge is -2.18. The van der Waals surface area contributed by atoms with Gasteiger partial charge < -0.3 is 10.0 Å². The molecule has 0 saturated carbocycles. The van der Waals surface area contributed by atoms with E-state index in [1.807, 2.05) is 48.9 Å². The molecule has 0 saturated heterocycles. The molecule has 1 heterocycles. The molecule has 118 valence electrons. The Morgan fingerprint density at radius 2 is 1.95 bits per heavy atom. The average Bonchev–Trinajstić information content (AvgIpc) is 2.83. The largest absolute Gasteiger partial charge is 0.393 e. The predicted octanol–water partition coefficient (Wildman–Crippen LogP) is 2.33. The van der Waals surface area contributed by atoms with Gasteiger partial charge in [0.05, 0.1) is 17.5 Å². The SMILES string of the molecule is Cc1cc(C)n(-c2ccc(C(=O)N(C)CCC(C)O)cc2)n1. The number of aromatic nitrogens is 2. The zero-order chi connectivity index (χ0) is 16.3. The van der Waals surface area contributed by atoms with Gasteiger partial charge in [0.2, 0.25) is 0 Å². The summed E-state index contributed by atoms with van der Waals surface area (Å²) in [5, 5.41) is 13.7. The zero-order valence-corrected chi connectivity index (χ0v) is 13.6. The number of benzene rings is 1. The van der Waals surface area contributed by atoms with E-state index in [0.29, 0.717) is 18.5 Å². The van der Waals surface area contributed by atoms with E-state index in [2.05, 4.69) is 5.10 Å². The molecule has 1 unspecified atom stereocenters. The Morgan fingerprint density at radius 3 is 2.45 bits per heavy atom. The van der Waals surface area contributed by atoms with Crippen LogP contribution in [-0.2, 0) is 0 Å². The third kappa shape index (κ3) is 3.74. The molecule has 0 aliphatic carbocycles. The molecule has 0 fully saturated rings. The van der Waals surface area contributed by atoms with Crippen molar-refractivity contribution in [3.8, 4) is 5.69 Å². The van der Waals surface area contributed by atoms with Crippen LogP contribution in [0.3, 0.4) is 0 Å². The van der Waals surface area contributed by atoms with Crippen LogP contribution in [-0.4, -0.2) is 45.4 Å². The lowest BCUT2D eigenvalue weighted by molar-refractivity contribution is 0.0769. The van der Waals surface area contributed by atoms with Gasteiger partial charge in [-0.1, -0.05) is 0 Å². The van der Waals surface area contributed by atoms with E-state index in [-0.39, 0.29) is 5.91 Å². The molecule has 0 spiro atoms. The molecular formula is C17H23N3O2. The minimum atomic E-state index is -0.399. The number of amides is 1. The predicted molar refractivity (Wildman–Crippen MR) is 86.3 cm³/mol.